The molecule has 0 aliphatic carbocycles. The molecule has 1 N–H and O–H groups in total. The Hall–Kier alpha value is -3.04. The minimum Gasteiger partial charge on any atom is -0.455 e. The minimum atomic E-state index is 0.0786. The summed E-state index contributed by atoms with van der Waals surface area (Å²) in [5.41, 5.74) is 3.65. The molecule has 2 heterocycles. The molecule has 126 valence electrons. The molecule has 6 nitrogen and oxygen atoms in total. The van der Waals surface area contributed by atoms with Crippen LogP contribution in [0, 0.1) is 11.3 Å². The maximum Gasteiger partial charge on any atom is 0.252 e. The molecule has 3 aromatic rings. The van der Waals surface area contributed by atoms with Gasteiger partial charge in [-0.15, -0.1) is 0 Å². The van der Waals surface area contributed by atoms with Gasteiger partial charge in [0.25, 0.3) is 5.88 Å². The van der Waals surface area contributed by atoms with Gasteiger partial charge in [-0.2, -0.15) is 10.4 Å². The van der Waals surface area contributed by atoms with Crippen molar-refractivity contribution >= 4 is 23.7 Å². The first kappa shape index (κ1) is 16.8. The van der Waals surface area contributed by atoms with Gasteiger partial charge in [0.05, 0.1) is 11.2 Å². The Morgan fingerprint density at radius 3 is 2.76 bits per heavy atom. The molecule has 0 aliphatic rings. The monoisotopic (exact) mass is 354 g/mol. The maximum atomic E-state index is 9.09. The molecule has 0 saturated heterocycles. The van der Waals surface area contributed by atoms with Crippen molar-refractivity contribution in [2.45, 2.75) is 19.8 Å². The first-order chi connectivity index (χ1) is 12.1. The quantitative estimate of drug-likeness (QED) is 0.513. The number of nitrogens with zero attached hydrogens (tertiary/aromatic N) is 3. The zero-order chi connectivity index (χ0) is 17.8. The predicted molar refractivity (Wildman–Crippen MR) is 95.7 cm³/mol. The van der Waals surface area contributed by atoms with Crippen molar-refractivity contribution in [2.24, 2.45) is 5.10 Å². The van der Waals surface area contributed by atoms with Crippen LogP contribution in [0.5, 0.6) is 0 Å². The fraction of sp³-hybridized carbons (Fsp3) is 0.167. The number of halogens is 1. The third-order valence-corrected chi connectivity index (χ3v) is 3.70. The molecular formula is C18H15ClN4O2. The smallest absolute Gasteiger partial charge is 0.252 e. The molecular weight excluding hydrogens is 340 g/mol. The highest BCUT2D eigenvalue weighted by atomic mass is 35.5. The van der Waals surface area contributed by atoms with Crippen molar-refractivity contribution in [3.63, 3.8) is 0 Å². The molecule has 0 amide bonds. The van der Waals surface area contributed by atoms with E-state index in [4.69, 9.17) is 25.7 Å². The lowest BCUT2D eigenvalue weighted by Crippen LogP contribution is -1.90. The number of aromatic nitrogens is 1. The van der Waals surface area contributed by atoms with Crippen molar-refractivity contribution in [3.05, 3.63) is 58.8 Å². The molecule has 3 rings (SSSR count). The van der Waals surface area contributed by atoms with E-state index in [2.05, 4.69) is 15.5 Å². The second-order valence-electron chi connectivity index (χ2n) is 5.55. The lowest BCUT2D eigenvalue weighted by Gasteiger charge is -1.99. The molecule has 0 fully saturated rings. The van der Waals surface area contributed by atoms with Gasteiger partial charge in [-0.3, -0.25) is 0 Å². The van der Waals surface area contributed by atoms with Gasteiger partial charge in [0.1, 0.15) is 17.6 Å². The first-order valence-electron chi connectivity index (χ1n) is 7.63. The minimum absolute atomic E-state index is 0.0786. The number of rotatable bonds is 5. The number of benzene rings is 1. The first-order valence-corrected chi connectivity index (χ1v) is 8.01. The summed E-state index contributed by atoms with van der Waals surface area (Å²) in [6, 6.07) is 13.0. The van der Waals surface area contributed by atoms with Crippen LogP contribution in [0.25, 0.3) is 11.3 Å². The third kappa shape index (κ3) is 3.73. The maximum absolute atomic E-state index is 9.09. The van der Waals surface area contributed by atoms with Crippen molar-refractivity contribution in [1.29, 1.82) is 5.26 Å². The van der Waals surface area contributed by atoms with Gasteiger partial charge in [-0.1, -0.05) is 37.6 Å². The van der Waals surface area contributed by atoms with Gasteiger partial charge in [-0.05, 0) is 24.3 Å². The van der Waals surface area contributed by atoms with Gasteiger partial charge >= 0.3 is 0 Å². The van der Waals surface area contributed by atoms with E-state index >= 15 is 0 Å². The van der Waals surface area contributed by atoms with E-state index < -0.39 is 0 Å². The number of furan rings is 1. The van der Waals surface area contributed by atoms with E-state index in [0.29, 0.717) is 22.4 Å². The summed E-state index contributed by atoms with van der Waals surface area (Å²) in [4.78, 5) is 4.11. The van der Waals surface area contributed by atoms with Crippen LogP contribution in [0.15, 0.2) is 50.3 Å². The Labute approximate surface area is 149 Å². The lowest BCUT2D eigenvalue weighted by molar-refractivity contribution is 0.481. The standard InChI is InChI=1S/C18H15ClN4O2/c1-11(2)17-22-15(9-20)18(25-17)23-21-10-12-7-8-16(24-12)13-5-3-4-6-14(13)19/h3-8,10-11,23H,1-2H3/b21-10+. The number of nitriles is 1. The molecule has 7 heteroatoms. The Kier molecular flexibility index (Phi) is 4.87. The highest BCUT2D eigenvalue weighted by Crippen LogP contribution is 2.28. The second kappa shape index (κ2) is 7.24. The van der Waals surface area contributed by atoms with E-state index in [1.807, 2.05) is 44.2 Å². The van der Waals surface area contributed by atoms with Gasteiger partial charge in [-0.25, -0.2) is 10.4 Å². The van der Waals surface area contributed by atoms with Gasteiger partial charge < -0.3 is 8.83 Å². The molecule has 0 bridgehead atoms. The SMILES string of the molecule is CC(C)c1nc(C#N)c(N/N=C/c2ccc(-c3ccccc3Cl)o2)o1. The lowest BCUT2D eigenvalue weighted by atomic mass is 10.2. The summed E-state index contributed by atoms with van der Waals surface area (Å²) in [6.07, 6.45) is 1.49. The van der Waals surface area contributed by atoms with Crippen LogP contribution in [0.1, 0.15) is 37.1 Å². The summed E-state index contributed by atoms with van der Waals surface area (Å²) < 4.78 is 11.2. The molecule has 1 aromatic carbocycles. The van der Waals surface area contributed by atoms with Crippen molar-refractivity contribution in [3.8, 4) is 17.4 Å². The summed E-state index contributed by atoms with van der Waals surface area (Å²) >= 11 is 6.16. The third-order valence-electron chi connectivity index (χ3n) is 3.37. The van der Waals surface area contributed by atoms with Gasteiger partial charge in [0.15, 0.2) is 0 Å². The predicted octanol–water partition coefficient (Wildman–Crippen LogP) is 5.03. The van der Waals surface area contributed by atoms with E-state index in [1.165, 1.54) is 6.21 Å². The van der Waals surface area contributed by atoms with Crippen LogP contribution >= 0.6 is 11.6 Å². The Bertz CT molecular complexity index is 950. The summed E-state index contributed by atoms with van der Waals surface area (Å²) in [5.74, 6) is 1.94. The van der Waals surface area contributed by atoms with Crippen LogP contribution in [-0.4, -0.2) is 11.2 Å². The van der Waals surface area contributed by atoms with E-state index in [0.717, 1.165) is 5.56 Å². The molecule has 0 atom stereocenters. The average molecular weight is 355 g/mol. The normalized spacial score (nSPS) is 11.2. The number of oxazole rings is 1. The molecule has 0 aliphatic heterocycles. The number of hydrogen-bond acceptors (Lipinski definition) is 6. The highest BCUT2D eigenvalue weighted by Gasteiger charge is 2.14. The molecule has 2 aromatic heterocycles. The number of anilines is 1. The Balaban J connectivity index is 1.74. The van der Waals surface area contributed by atoms with E-state index in [-0.39, 0.29) is 17.5 Å². The van der Waals surface area contributed by atoms with Crippen LogP contribution in [-0.2, 0) is 0 Å². The van der Waals surface area contributed by atoms with E-state index in [1.54, 1.807) is 12.1 Å². The van der Waals surface area contributed by atoms with Gasteiger partial charge in [0.2, 0.25) is 11.6 Å². The van der Waals surface area contributed by atoms with Crippen LogP contribution in [0.4, 0.5) is 5.88 Å². The van der Waals surface area contributed by atoms with Crippen molar-refractivity contribution < 1.29 is 8.83 Å². The molecule has 0 unspecified atom stereocenters. The molecule has 25 heavy (non-hydrogen) atoms. The summed E-state index contributed by atoms with van der Waals surface area (Å²) in [5, 5.41) is 13.7. The fourth-order valence-electron chi connectivity index (χ4n) is 2.12. The number of hydrazone groups is 1. The molecule has 0 radical (unpaired) electrons. The van der Waals surface area contributed by atoms with E-state index in [9.17, 15) is 0 Å². The summed E-state index contributed by atoms with van der Waals surface area (Å²) in [7, 11) is 0. The molecule has 0 spiro atoms. The zero-order valence-corrected chi connectivity index (χ0v) is 14.4. The highest BCUT2D eigenvalue weighted by molar-refractivity contribution is 6.33. The fourth-order valence-corrected chi connectivity index (χ4v) is 2.35. The van der Waals surface area contributed by atoms with Crippen molar-refractivity contribution in [2.75, 3.05) is 5.43 Å². The largest absolute Gasteiger partial charge is 0.455 e. The van der Waals surface area contributed by atoms with Crippen LogP contribution < -0.4 is 5.43 Å². The van der Waals surface area contributed by atoms with Crippen molar-refractivity contribution in [1.82, 2.24) is 4.98 Å². The second-order valence-corrected chi connectivity index (χ2v) is 5.96. The molecule has 0 saturated carbocycles. The topological polar surface area (TPSA) is 87.4 Å². The zero-order valence-electron chi connectivity index (χ0n) is 13.7. The number of nitrogens with one attached hydrogen (secondary N) is 1. The Morgan fingerprint density at radius 1 is 1.24 bits per heavy atom. The summed E-state index contributed by atoms with van der Waals surface area (Å²) in [6.45, 7) is 3.86. The van der Waals surface area contributed by atoms with Crippen LogP contribution in [0.3, 0.4) is 0 Å². The Morgan fingerprint density at radius 2 is 2.04 bits per heavy atom. The van der Waals surface area contributed by atoms with Gasteiger partial charge in [0, 0.05) is 11.5 Å². The number of hydrogen-bond donors (Lipinski definition) is 1. The van der Waals surface area contributed by atoms with Crippen LogP contribution in [0.2, 0.25) is 5.02 Å². The average Bonchev–Trinajstić information content (AvgIpc) is 3.22.